The van der Waals surface area contributed by atoms with Gasteiger partial charge in [0, 0.05) is 25.2 Å². The molecule has 0 N–H and O–H groups in total. The Morgan fingerprint density at radius 2 is 2.00 bits per heavy atom. The first-order valence-electron chi connectivity index (χ1n) is 11.8. The second kappa shape index (κ2) is 9.88. The van der Waals surface area contributed by atoms with Crippen molar-refractivity contribution in [2.45, 2.75) is 18.0 Å². The number of anilines is 1. The molecule has 0 atom stereocenters. The summed E-state index contributed by atoms with van der Waals surface area (Å²) in [6.45, 7) is 7.48. The minimum atomic E-state index is -4.54. The van der Waals surface area contributed by atoms with Crippen molar-refractivity contribution in [2.24, 2.45) is 10.2 Å². The van der Waals surface area contributed by atoms with Gasteiger partial charge < -0.3 is 24.0 Å². The third kappa shape index (κ3) is 4.86. The smallest absolute Gasteiger partial charge is 0.382 e. The molecule has 11 heteroatoms. The van der Waals surface area contributed by atoms with Gasteiger partial charge in [0.1, 0.15) is 5.82 Å². The zero-order chi connectivity index (χ0) is 26.2. The van der Waals surface area contributed by atoms with E-state index in [0.29, 0.717) is 43.3 Å². The Hall–Kier alpha value is -3.28. The van der Waals surface area contributed by atoms with Gasteiger partial charge >= 0.3 is 12.0 Å². The fourth-order valence-electron chi connectivity index (χ4n) is 4.66. The molecule has 4 aliphatic rings. The molecule has 0 spiro atoms. The number of hydrogen-bond acceptors (Lipinski definition) is 7. The number of halogens is 3. The summed E-state index contributed by atoms with van der Waals surface area (Å²) in [5.74, 6) is 1.23. The van der Waals surface area contributed by atoms with E-state index in [1.807, 2.05) is 35.9 Å². The second-order valence-corrected chi connectivity index (χ2v) is 9.33. The number of benzene rings is 1. The molecule has 37 heavy (non-hydrogen) atoms. The molecule has 5 rings (SSSR count). The van der Waals surface area contributed by atoms with Crippen LogP contribution >= 0.6 is 0 Å². The Bertz CT molecular complexity index is 1240. The Balaban J connectivity index is 1.43. The Kier molecular flexibility index (Phi) is 6.78. The van der Waals surface area contributed by atoms with Gasteiger partial charge in [-0.15, -0.1) is 0 Å². The molecule has 195 valence electrons. The van der Waals surface area contributed by atoms with Gasteiger partial charge in [0.25, 0.3) is 6.67 Å². The van der Waals surface area contributed by atoms with Crippen molar-refractivity contribution in [2.75, 3.05) is 52.1 Å². The van der Waals surface area contributed by atoms with E-state index in [0.717, 1.165) is 17.5 Å². The molecule has 4 heterocycles. The highest BCUT2D eigenvalue weighted by Crippen LogP contribution is 2.44. The first kappa shape index (κ1) is 25.4. The third-order valence-corrected chi connectivity index (χ3v) is 6.77. The van der Waals surface area contributed by atoms with Crippen LogP contribution in [0.1, 0.15) is 12.0 Å². The Labute approximate surface area is 213 Å². The molecule has 0 saturated carbocycles. The standard InChI is InChI=1S/C26H28F3N5O3/c1-18-33(13-23-22(26(27,28)29)9-19(12-34(18)23)14-36-8-7-35-3)21-6-4-5-20(10-21)25(15-37-16-25)11-24-31-30-17-32(24)2/h4-6,9-10,12-13,17H,1,7-8,11,14-16H2,2-3H3/q+1. The molecule has 0 amide bonds. The van der Waals surface area contributed by atoms with E-state index in [9.17, 15) is 13.2 Å². The number of methoxy groups -OCH3 is 1. The van der Waals surface area contributed by atoms with Crippen LogP contribution in [0.3, 0.4) is 0 Å². The lowest BCUT2D eigenvalue weighted by molar-refractivity contribution is -0.451. The fourth-order valence-corrected chi connectivity index (χ4v) is 4.66. The lowest BCUT2D eigenvalue weighted by atomic mass is 9.75. The highest BCUT2D eigenvalue weighted by atomic mass is 19.4. The summed E-state index contributed by atoms with van der Waals surface area (Å²) in [4.78, 5) is 3.14. The average molecular weight is 516 g/mol. The maximum Gasteiger partial charge on any atom is 0.418 e. The van der Waals surface area contributed by atoms with Crippen molar-refractivity contribution in [3.8, 4) is 0 Å². The predicted molar refractivity (Wildman–Crippen MR) is 130 cm³/mol. The molecule has 0 aromatic heterocycles. The maximum absolute atomic E-state index is 14.0. The van der Waals surface area contributed by atoms with Gasteiger partial charge in [0.15, 0.2) is 0 Å². The largest absolute Gasteiger partial charge is 0.418 e. The SMILES string of the molecule is C=C1N2C=C(COCCOC)C=C(C(F)(F)F)C2=CN1c1cccc(C2(CC3=[N+](C)[CH]N=N3)COC2)c1. The van der Waals surface area contributed by atoms with E-state index >= 15 is 0 Å². The van der Waals surface area contributed by atoms with Crippen LogP contribution < -0.4 is 4.90 Å². The summed E-state index contributed by atoms with van der Waals surface area (Å²) >= 11 is 0. The van der Waals surface area contributed by atoms with Gasteiger partial charge in [-0.05, 0) is 34.5 Å². The minimum absolute atomic E-state index is 0.0179. The summed E-state index contributed by atoms with van der Waals surface area (Å²) in [5.41, 5.74) is 1.11. The first-order chi connectivity index (χ1) is 17.7. The number of fused-ring (bicyclic) bond motifs is 1. The van der Waals surface area contributed by atoms with Crippen molar-refractivity contribution in [1.29, 1.82) is 0 Å². The van der Waals surface area contributed by atoms with E-state index in [1.165, 1.54) is 18.2 Å². The van der Waals surface area contributed by atoms with Gasteiger partial charge in [-0.3, -0.25) is 0 Å². The van der Waals surface area contributed by atoms with Crippen LogP contribution in [-0.2, 0) is 19.6 Å². The second-order valence-electron chi connectivity index (χ2n) is 9.33. The number of allylic oxidation sites excluding steroid dienone is 1. The van der Waals surface area contributed by atoms with Crippen molar-refractivity contribution < 1.29 is 32.0 Å². The lowest BCUT2D eigenvalue weighted by Crippen LogP contribution is -2.48. The van der Waals surface area contributed by atoms with E-state index in [4.69, 9.17) is 14.2 Å². The van der Waals surface area contributed by atoms with Crippen molar-refractivity contribution in [1.82, 2.24) is 4.90 Å². The number of alkyl halides is 3. The number of amidine groups is 1. The highest BCUT2D eigenvalue weighted by molar-refractivity contribution is 5.80. The molecule has 4 aliphatic heterocycles. The van der Waals surface area contributed by atoms with Crippen molar-refractivity contribution in [3.63, 3.8) is 0 Å². The van der Waals surface area contributed by atoms with Crippen LogP contribution in [-0.4, -0.2) is 68.7 Å². The van der Waals surface area contributed by atoms with Crippen LogP contribution in [0.2, 0.25) is 0 Å². The number of rotatable bonds is 9. The van der Waals surface area contributed by atoms with Crippen LogP contribution in [0.5, 0.6) is 0 Å². The molecule has 0 bridgehead atoms. The van der Waals surface area contributed by atoms with Crippen LogP contribution in [0.4, 0.5) is 18.9 Å². The zero-order valence-corrected chi connectivity index (χ0v) is 20.7. The van der Waals surface area contributed by atoms with Gasteiger partial charge in [-0.25, -0.2) is 4.58 Å². The predicted octanol–water partition coefficient (Wildman–Crippen LogP) is 4.45. The van der Waals surface area contributed by atoms with Crippen molar-refractivity contribution in [3.05, 3.63) is 84.2 Å². The van der Waals surface area contributed by atoms with Gasteiger partial charge in [-0.1, -0.05) is 18.7 Å². The molecule has 1 aromatic carbocycles. The molecular weight excluding hydrogens is 487 g/mol. The monoisotopic (exact) mass is 515 g/mol. The summed E-state index contributed by atoms with van der Waals surface area (Å²) in [6, 6.07) is 7.75. The molecule has 1 aromatic rings. The summed E-state index contributed by atoms with van der Waals surface area (Å²) in [6.07, 6.45) is 0.334. The molecule has 1 saturated heterocycles. The van der Waals surface area contributed by atoms with E-state index in [-0.39, 0.29) is 24.3 Å². The van der Waals surface area contributed by atoms with Crippen LogP contribution in [0.25, 0.3) is 0 Å². The number of azo groups is 1. The molecule has 0 aliphatic carbocycles. The van der Waals surface area contributed by atoms with Crippen LogP contribution in [0.15, 0.2) is 82.2 Å². The van der Waals surface area contributed by atoms with Gasteiger partial charge in [0.05, 0.1) is 68.3 Å². The Morgan fingerprint density at radius 3 is 2.65 bits per heavy atom. The molecular formula is C26H28F3N5O3+. The normalized spacial score (nSPS) is 20.7. The molecule has 8 nitrogen and oxygen atoms in total. The van der Waals surface area contributed by atoms with Gasteiger partial charge in [0.2, 0.25) is 0 Å². The van der Waals surface area contributed by atoms with Crippen LogP contribution in [0, 0.1) is 6.67 Å². The third-order valence-electron chi connectivity index (χ3n) is 6.77. The molecule has 0 unspecified atom stereocenters. The minimum Gasteiger partial charge on any atom is -0.382 e. The number of ether oxygens (including phenoxy) is 3. The van der Waals surface area contributed by atoms with E-state index in [1.54, 1.807) is 17.8 Å². The summed E-state index contributed by atoms with van der Waals surface area (Å²) < 4.78 is 60.0. The number of hydrogen-bond donors (Lipinski definition) is 0. The van der Waals surface area contributed by atoms with Crippen molar-refractivity contribution >= 4 is 11.5 Å². The maximum atomic E-state index is 14.0. The van der Waals surface area contributed by atoms with E-state index in [2.05, 4.69) is 16.8 Å². The molecule has 1 fully saturated rings. The molecule has 1 radical (unpaired) electrons. The first-order valence-corrected chi connectivity index (χ1v) is 11.8. The Morgan fingerprint density at radius 1 is 1.19 bits per heavy atom. The topological polar surface area (TPSA) is 61.9 Å². The highest BCUT2D eigenvalue weighted by Gasteiger charge is 2.46. The average Bonchev–Trinajstić information content (AvgIpc) is 3.40. The zero-order valence-electron chi connectivity index (χ0n) is 20.7. The van der Waals surface area contributed by atoms with Gasteiger partial charge in [-0.2, -0.15) is 13.2 Å². The lowest BCUT2D eigenvalue weighted by Gasteiger charge is -2.41. The van der Waals surface area contributed by atoms with E-state index < -0.39 is 11.7 Å². The quantitative estimate of drug-likeness (QED) is 0.359. The number of nitrogens with zero attached hydrogens (tertiary/aromatic N) is 5. The summed E-state index contributed by atoms with van der Waals surface area (Å²) in [5, 5.41) is 8.19. The summed E-state index contributed by atoms with van der Waals surface area (Å²) in [7, 11) is 3.43. The fraction of sp³-hybridized carbons (Fsp3) is 0.385.